The molecule has 9 heteroatoms. The Kier molecular flexibility index (Phi) is 9.18. The van der Waals surface area contributed by atoms with Gasteiger partial charge in [0.25, 0.3) is 0 Å². The van der Waals surface area contributed by atoms with Gasteiger partial charge in [-0.15, -0.1) is 0 Å². The maximum absolute atomic E-state index is 13.0. The molecule has 3 N–H and O–H groups in total. The monoisotopic (exact) mass is 528 g/mol. The van der Waals surface area contributed by atoms with Crippen LogP contribution in [0.5, 0.6) is 17.2 Å². The van der Waals surface area contributed by atoms with E-state index in [0.29, 0.717) is 28.7 Å². The fourth-order valence-electron chi connectivity index (χ4n) is 3.31. The molecule has 3 rings (SSSR count). The van der Waals surface area contributed by atoms with Crippen molar-refractivity contribution in [2.24, 2.45) is 0 Å². The fraction of sp³-hybridized carbons (Fsp3) is 0.167. The van der Waals surface area contributed by atoms with Crippen LogP contribution in [0.4, 0.5) is 0 Å². The standard InChI is InChI=1S/C30H24O9/c1-4-17-39-30(36)24-22(15-9-18-5-11-20(12-6-18)28(34)37-2)25(31)27(33)26(32)23(24)16-10-19-7-13-21(14-8-19)29(35)38-3/h5-8,11-14,31-33H,4,17H2,1-3H3. The number of hydrogen-bond acceptors (Lipinski definition) is 9. The number of hydrogen-bond donors (Lipinski definition) is 3. The molecule has 39 heavy (non-hydrogen) atoms. The van der Waals surface area contributed by atoms with Gasteiger partial charge in [0.15, 0.2) is 11.5 Å². The molecular weight excluding hydrogens is 504 g/mol. The Morgan fingerprint density at radius 1 is 0.641 bits per heavy atom. The molecular formula is C30H24O9. The summed E-state index contributed by atoms with van der Waals surface area (Å²) in [5.74, 6) is 6.24. The molecule has 9 nitrogen and oxygen atoms in total. The minimum Gasteiger partial charge on any atom is -0.503 e. The van der Waals surface area contributed by atoms with Gasteiger partial charge in [0.1, 0.15) is 0 Å². The van der Waals surface area contributed by atoms with E-state index in [0.717, 1.165) is 0 Å². The van der Waals surface area contributed by atoms with Crippen molar-refractivity contribution in [1.29, 1.82) is 0 Å². The van der Waals surface area contributed by atoms with E-state index in [1.54, 1.807) is 6.92 Å². The molecule has 0 spiro atoms. The SMILES string of the molecule is CCCOC(=O)c1c(C#Cc2ccc(C(=O)OC)cc2)c(O)c(O)c(O)c1C#Cc1ccc(C(=O)OC)cc1. The molecule has 0 heterocycles. The van der Waals surface area contributed by atoms with Gasteiger partial charge in [-0.3, -0.25) is 0 Å². The molecule has 0 aliphatic carbocycles. The van der Waals surface area contributed by atoms with E-state index in [1.165, 1.54) is 62.8 Å². The maximum Gasteiger partial charge on any atom is 0.340 e. The van der Waals surface area contributed by atoms with Crippen molar-refractivity contribution in [2.45, 2.75) is 13.3 Å². The average molecular weight is 529 g/mol. The molecule has 0 atom stereocenters. The summed E-state index contributed by atoms with van der Waals surface area (Å²) in [7, 11) is 2.51. The van der Waals surface area contributed by atoms with Crippen molar-refractivity contribution in [3.05, 3.63) is 87.5 Å². The first-order chi connectivity index (χ1) is 18.7. The van der Waals surface area contributed by atoms with Gasteiger partial charge in [-0.1, -0.05) is 30.6 Å². The van der Waals surface area contributed by atoms with E-state index < -0.39 is 35.2 Å². The first-order valence-electron chi connectivity index (χ1n) is 11.6. The number of ether oxygens (including phenoxy) is 3. The van der Waals surface area contributed by atoms with E-state index in [1.807, 2.05) is 0 Å². The number of benzene rings is 3. The molecule has 0 fully saturated rings. The highest BCUT2D eigenvalue weighted by Gasteiger charge is 2.27. The number of phenols is 3. The second-order valence-electron chi connectivity index (χ2n) is 7.94. The Hall–Kier alpha value is -5.41. The van der Waals surface area contributed by atoms with Crippen molar-refractivity contribution in [3.63, 3.8) is 0 Å². The lowest BCUT2D eigenvalue weighted by molar-refractivity contribution is 0.0502. The lowest BCUT2D eigenvalue weighted by Gasteiger charge is -2.13. The van der Waals surface area contributed by atoms with Crippen LogP contribution in [-0.4, -0.2) is 54.1 Å². The maximum atomic E-state index is 13.0. The first kappa shape index (κ1) is 28.2. The number of carbonyl (C=O) groups excluding carboxylic acids is 3. The van der Waals surface area contributed by atoms with Crippen LogP contribution in [0.3, 0.4) is 0 Å². The molecule has 198 valence electrons. The van der Waals surface area contributed by atoms with Crippen molar-refractivity contribution < 1.29 is 43.9 Å². The Labute approximate surface area is 224 Å². The Morgan fingerprint density at radius 3 is 1.41 bits per heavy atom. The van der Waals surface area contributed by atoms with E-state index in [2.05, 4.69) is 33.2 Å². The van der Waals surface area contributed by atoms with Gasteiger partial charge < -0.3 is 29.5 Å². The number of esters is 3. The molecule has 3 aromatic rings. The van der Waals surface area contributed by atoms with Gasteiger partial charge in [-0.05, 0) is 55.0 Å². The van der Waals surface area contributed by atoms with Crippen molar-refractivity contribution in [2.75, 3.05) is 20.8 Å². The number of aromatic hydroxyl groups is 3. The summed E-state index contributed by atoms with van der Waals surface area (Å²) in [6.45, 7) is 1.83. The second-order valence-corrected chi connectivity index (χ2v) is 7.94. The highest BCUT2D eigenvalue weighted by molar-refractivity contribution is 5.98. The van der Waals surface area contributed by atoms with E-state index in [4.69, 9.17) is 4.74 Å². The van der Waals surface area contributed by atoms with E-state index in [-0.39, 0.29) is 23.3 Å². The quantitative estimate of drug-likeness (QED) is 0.196. The van der Waals surface area contributed by atoms with Gasteiger partial charge in [-0.2, -0.15) is 0 Å². The van der Waals surface area contributed by atoms with Gasteiger partial charge in [0.2, 0.25) is 5.75 Å². The summed E-state index contributed by atoms with van der Waals surface area (Å²) in [5.41, 5.74) is 0.473. The van der Waals surface area contributed by atoms with Crippen LogP contribution in [0.2, 0.25) is 0 Å². The summed E-state index contributed by atoms with van der Waals surface area (Å²) in [4.78, 5) is 36.3. The molecule has 0 aliphatic rings. The second kappa shape index (κ2) is 12.7. The summed E-state index contributed by atoms with van der Waals surface area (Å²) in [6, 6.07) is 12.1. The Morgan fingerprint density at radius 2 is 1.05 bits per heavy atom. The average Bonchev–Trinajstić information content (AvgIpc) is 2.97. The Balaban J connectivity index is 2.15. The normalized spacial score (nSPS) is 9.82. The zero-order valence-electron chi connectivity index (χ0n) is 21.3. The number of phenolic OH excluding ortho intramolecular Hbond substituents is 3. The number of methoxy groups -OCH3 is 2. The molecule has 0 aromatic heterocycles. The molecule has 3 aromatic carbocycles. The Bertz CT molecular complexity index is 1420. The highest BCUT2D eigenvalue weighted by atomic mass is 16.5. The van der Waals surface area contributed by atoms with Crippen LogP contribution >= 0.6 is 0 Å². The van der Waals surface area contributed by atoms with Crippen LogP contribution in [0, 0.1) is 23.7 Å². The molecule has 0 saturated carbocycles. The van der Waals surface area contributed by atoms with Gasteiger partial charge in [-0.25, -0.2) is 14.4 Å². The molecule has 0 amide bonds. The number of rotatable bonds is 5. The van der Waals surface area contributed by atoms with Crippen LogP contribution < -0.4 is 0 Å². The number of carbonyl (C=O) groups is 3. The van der Waals surface area contributed by atoms with Crippen molar-refractivity contribution >= 4 is 17.9 Å². The third-order valence-electron chi connectivity index (χ3n) is 5.34. The predicted molar refractivity (Wildman–Crippen MR) is 140 cm³/mol. The van der Waals surface area contributed by atoms with Gasteiger partial charge in [0, 0.05) is 11.1 Å². The molecule has 0 saturated heterocycles. The van der Waals surface area contributed by atoms with Crippen molar-refractivity contribution in [3.8, 4) is 40.9 Å². The van der Waals surface area contributed by atoms with Crippen LogP contribution in [0.25, 0.3) is 0 Å². The van der Waals surface area contributed by atoms with Gasteiger partial charge >= 0.3 is 17.9 Å². The summed E-state index contributed by atoms with van der Waals surface area (Å²) in [5, 5.41) is 31.6. The zero-order valence-corrected chi connectivity index (χ0v) is 21.3. The highest BCUT2D eigenvalue weighted by Crippen LogP contribution is 2.43. The van der Waals surface area contributed by atoms with Crippen molar-refractivity contribution in [1.82, 2.24) is 0 Å². The molecule has 0 aliphatic heterocycles. The molecule has 0 unspecified atom stereocenters. The summed E-state index contributed by atoms with van der Waals surface area (Å²) in [6.07, 6.45) is 0.503. The minimum absolute atomic E-state index is 0.0466. The van der Waals surface area contributed by atoms with Crippen LogP contribution in [0.1, 0.15) is 66.7 Å². The fourth-order valence-corrected chi connectivity index (χ4v) is 3.31. The molecule has 0 bridgehead atoms. The lowest BCUT2D eigenvalue weighted by atomic mass is 9.97. The van der Waals surface area contributed by atoms with E-state index in [9.17, 15) is 29.7 Å². The molecule has 0 radical (unpaired) electrons. The van der Waals surface area contributed by atoms with Gasteiger partial charge in [0.05, 0.1) is 48.6 Å². The minimum atomic E-state index is -0.919. The smallest absolute Gasteiger partial charge is 0.340 e. The zero-order chi connectivity index (χ0) is 28.5. The largest absolute Gasteiger partial charge is 0.503 e. The summed E-state index contributed by atoms with van der Waals surface area (Å²) >= 11 is 0. The van der Waals surface area contributed by atoms with E-state index >= 15 is 0 Å². The predicted octanol–water partition coefficient (Wildman–Crippen LogP) is 3.74. The first-order valence-corrected chi connectivity index (χ1v) is 11.6. The third kappa shape index (κ3) is 6.48. The topological polar surface area (TPSA) is 140 Å². The summed E-state index contributed by atoms with van der Waals surface area (Å²) < 4.78 is 14.6. The lowest BCUT2D eigenvalue weighted by Crippen LogP contribution is -2.11. The van der Waals surface area contributed by atoms with Crippen LogP contribution in [0.15, 0.2) is 48.5 Å². The third-order valence-corrected chi connectivity index (χ3v) is 5.34. The van der Waals surface area contributed by atoms with Crippen LogP contribution in [-0.2, 0) is 14.2 Å².